The first-order chi connectivity index (χ1) is 23.2. The van der Waals surface area contributed by atoms with Crippen LogP contribution in [0.4, 0.5) is 0 Å². The van der Waals surface area contributed by atoms with E-state index in [2.05, 4.69) is 15.7 Å². The van der Waals surface area contributed by atoms with Crippen molar-refractivity contribution in [2.24, 2.45) is 7.05 Å². The number of halogens is 2. The summed E-state index contributed by atoms with van der Waals surface area (Å²) in [6.07, 6.45) is 3.19. The predicted octanol–water partition coefficient (Wildman–Crippen LogP) is 4.54. The van der Waals surface area contributed by atoms with Gasteiger partial charge in [-0.05, 0) is 25.6 Å². The van der Waals surface area contributed by atoms with Gasteiger partial charge in [-0.15, -0.1) is 0 Å². The van der Waals surface area contributed by atoms with Gasteiger partial charge in [0.05, 0.1) is 36.0 Å². The number of likely N-dealkylation sites (N-methyl/N-ethyl adjacent to an activating group) is 1. The number of aliphatic hydroxyl groups is 1. The highest BCUT2D eigenvalue weighted by Crippen LogP contribution is 2.42. The molecule has 1 amide bonds. The van der Waals surface area contributed by atoms with Crippen LogP contribution >= 0.6 is 23.2 Å². The van der Waals surface area contributed by atoms with Gasteiger partial charge in [-0.2, -0.15) is 5.10 Å². The Hall–Kier alpha value is -4.26. The van der Waals surface area contributed by atoms with Crippen molar-refractivity contribution >= 4 is 34.6 Å². The number of methoxy groups -OCH3 is 1. The predicted molar refractivity (Wildman–Crippen MR) is 187 cm³/mol. The van der Waals surface area contributed by atoms with Crippen molar-refractivity contribution in [2.75, 3.05) is 33.9 Å². The van der Waals surface area contributed by atoms with Crippen LogP contribution < -0.4 is 20.9 Å². The van der Waals surface area contributed by atoms with Gasteiger partial charge in [0.25, 0.3) is 5.56 Å². The second kappa shape index (κ2) is 14.5. The Morgan fingerprint density at radius 2 is 1.77 bits per heavy atom. The van der Waals surface area contributed by atoms with Crippen molar-refractivity contribution in [3.8, 4) is 39.4 Å². The maximum absolute atomic E-state index is 13.3. The summed E-state index contributed by atoms with van der Waals surface area (Å²) < 4.78 is 8.75. The Morgan fingerprint density at radius 3 is 2.46 bits per heavy atom. The molecule has 250 valence electrons. The standard InChI is InChI=1S/C35H37Cl2N7O4/c1-42(14-15-45)20-30-41-44-19-22(16-29(44)35(47)43(30)2)24-6-4-7-25(32(24)36)26-8-5-9-27(33(26)37)28-12-10-21(34(40-28)48-3)17-38-18-23-11-13-31(46)39-23/h4-10,12,16,19,23,38,45H,11,13-15,17-18,20H2,1-3H3,(H,39,46). The Morgan fingerprint density at radius 1 is 1.06 bits per heavy atom. The number of hydrogen-bond donors (Lipinski definition) is 3. The SMILES string of the molecule is COc1nc(-c2cccc(-c3cccc(-c4cc5c(=O)n(C)c(CN(C)CCO)nn5c4)c3Cl)c2Cl)ccc1CNCC1CCC(=O)N1. The monoisotopic (exact) mass is 689 g/mol. The highest BCUT2D eigenvalue weighted by molar-refractivity contribution is 6.39. The summed E-state index contributed by atoms with van der Waals surface area (Å²) in [6, 6.07) is 17.2. The summed E-state index contributed by atoms with van der Waals surface area (Å²) in [5, 5.41) is 21.3. The Kier molecular flexibility index (Phi) is 10.1. The molecule has 3 N–H and O–H groups in total. The van der Waals surface area contributed by atoms with Gasteiger partial charge in [-0.1, -0.05) is 65.7 Å². The van der Waals surface area contributed by atoms with Gasteiger partial charge < -0.3 is 20.5 Å². The van der Waals surface area contributed by atoms with Crippen LogP contribution in [-0.2, 0) is 24.9 Å². The number of carbonyl (C=O) groups is 1. The number of amides is 1. The number of rotatable bonds is 12. The van der Waals surface area contributed by atoms with Gasteiger partial charge >= 0.3 is 0 Å². The zero-order valence-corrected chi connectivity index (χ0v) is 28.5. The molecule has 1 saturated heterocycles. The summed E-state index contributed by atoms with van der Waals surface area (Å²) >= 11 is 14.2. The van der Waals surface area contributed by atoms with Crippen LogP contribution in [0, 0.1) is 0 Å². The molecule has 4 heterocycles. The normalized spacial score (nSPS) is 14.6. The molecule has 1 unspecified atom stereocenters. The fourth-order valence-corrected chi connectivity index (χ4v) is 6.66. The number of pyridine rings is 1. The molecule has 0 radical (unpaired) electrons. The molecule has 6 rings (SSSR count). The summed E-state index contributed by atoms with van der Waals surface area (Å²) in [4.78, 5) is 31.4. The molecule has 5 aromatic rings. The molecule has 0 saturated carbocycles. The van der Waals surface area contributed by atoms with E-state index in [0.717, 1.165) is 39.8 Å². The van der Waals surface area contributed by atoms with Gasteiger partial charge in [0.2, 0.25) is 11.8 Å². The van der Waals surface area contributed by atoms with Crippen molar-refractivity contribution in [1.29, 1.82) is 0 Å². The highest BCUT2D eigenvalue weighted by atomic mass is 35.5. The molecule has 0 spiro atoms. The molecule has 11 nitrogen and oxygen atoms in total. The number of hydrogen-bond acceptors (Lipinski definition) is 8. The van der Waals surface area contributed by atoms with Crippen LogP contribution in [0.3, 0.4) is 0 Å². The van der Waals surface area contributed by atoms with Crippen molar-refractivity contribution in [2.45, 2.75) is 32.0 Å². The minimum Gasteiger partial charge on any atom is -0.481 e. The van der Waals surface area contributed by atoms with Gasteiger partial charge in [0.1, 0.15) is 11.3 Å². The minimum atomic E-state index is -0.182. The van der Waals surface area contributed by atoms with Gasteiger partial charge in [0, 0.05) is 78.7 Å². The van der Waals surface area contributed by atoms with Crippen LogP contribution in [0.15, 0.2) is 65.6 Å². The second-order valence-corrected chi connectivity index (χ2v) is 12.7. The number of aromatic nitrogens is 4. The first kappa shape index (κ1) is 33.6. The lowest BCUT2D eigenvalue weighted by Gasteiger charge is -2.16. The van der Waals surface area contributed by atoms with E-state index in [0.29, 0.717) is 65.6 Å². The number of fused-ring (bicyclic) bond motifs is 1. The van der Waals surface area contributed by atoms with E-state index < -0.39 is 0 Å². The van der Waals surface area contributed by atoms with E-state index in [1.165, 1.54) is 4.57 Å². The van der Waals surface area contributed by atoms with Crippen molar-refractivity contribution in [3.63, 3.8) is 0 Å². The molecule has 0 aliphatic carbocycles. The zero-order chi connectivity index (χ0) is 33.9. The number of benzene rings is 2. The van der Waals surface area contributed by atoms with E-state index in [1.54, 1.807) is 30.9 Å². The number of nitrogens with zero attached hydrogens (tertiary/aromatic N) is 5. The molecule has 2 aromatic carbocycles. The molecule has 0 bridgehead atoms. The Bertz CT molecular complexity index is 2040. The highest BCUT2D eigenvalue weighted by Gasteiger charge is 2.21. The fourth-order valence-electron chi connectivity index (χ4n) is 5.99. The molecule has 13 heteroatoms. The average Bonchev–Trinajstić information content (AvgIpc) is 3.70. The summed E-state index contributed by atoms with van der Waals surface area (Å²) in [5.41, 5.74) is 5.45. The summed E-state index contributed by atoms with van der Waals surface area (Å²) in [7, 11) is 5.14. The van der Waals surface area contributed by atoms with E-state index in [1.807, 2.05) is 60.5 Å². The summed E-state index contributed by atoms with van der Waals surface area (Å²) in [5.74, 6) is 1.15. The van der Waals surface area contributed by atoms with Gasteiger partial charge in [-0.3, -0.25) is 19.1 Å². The molecule has 1 atom stereocenters. The average molecular weight is 691 g/mol. The fraction of sp³-hybridized carbons (Fsp3) is 0.314. The smallest absolute Gasteiger partial charge is 0.277 e. The molecule has 1 fully saturated rings. The lowest BCUT2D eigenvalue weighted by Crippen LogP contribution is -2.35. The molecule has 48 heavy (non-hydrogen) atoms. The quantitative estimate of drug-likeness (QED) is 0.174. The maximum atomic E-state index is 13.3. The van der Waals surface area contributed by atoms with Crippen molar-refractivity contribution in [1.82, 2.24) is 34.7 Å². The zero-order valence-electron chi connectivity index (χ0n) is 27.0. The topological polar surface area (TPSA) is 126 Å². The van der Waals surface area contributed by atoms with Crippen LogP contribution in [0.25, 0.3) is 39.0 Å². The molecule has 1 aliphatic heterocycles. The molecule has 3 aromatic heterocycles. The first-order valence-electron chi connectivity index (χ1n) is 15.7. The van der Waals surface area contributed by atoms with Crippen LogP contribution in [0.5, 0.6) is 5.88 Å². The van der Waals surface area contributed by atoms with Crippen LogP contribution in [-0.4, -0.2) is 75.0 Å². The summed E-state index contributed by atoms with van der Waals surface area (Å²) in [6.45, 7) is 2.09. The van der Waals surface area contributed by atoms with Crippen LogP contribution in [0.2, 0.25) is 10.0 Å². The first-order valence-corrected chi connectivity index (χ1v) is 16.4. The maximum Gasteiger partial charge on any atom is 0.277 e. The minimum absolute atomic E-state index is 0.0148. The molecular weight excluding hydrogens is 653 g/mol. The molecule has 1 aliphatic rings. The Labute approximate surface area is 288 Å². The van der Waals surface area contributed by atoms with E-state index in [4.69, 9.17) is 32.9 Å². The number of carbonyl (C=O) groups excluding carboxylic acids is 1. The van der Waals surface area contributed by atoms with E-state index in [-0.39, 0.29) is 24.1 Å². The lowest BCUT2D eigenvalue weighted by molar-refractivity contribution is -0.119. The van der Waals surface area contributed by atoms with Crippen LogP contribution in [0.1, 0.15) is 24.2 Å². The second-order valence-electron chi connectivity index (χ2n) is 11.9. The molecular formula is C35H37Cl2N7O4. The van der Waals surface area contributed by atoms with E-state index >= 15 is 0 Å². The lowest BCUT2D eigenvalue weighted by atomic mass is 9.97. The largest absolute Gasteiger partial charge is 0.481 e. The van der Waals surface area contributed by atoms with Gasteiger partial charge in [-0.25, -0.2) is 9.50 Å². The number of nitrogens with one attached hydrogen (secondary N) is 2. The number of ether oxygens (including phenoxy) is 1. The van der Waals surface area contributed by atoms with Gasteiger partial charge in [0.15, 0.2) is 0 Å². The Balaban J connectivity index is 1.29. The number of aliphatic hydroxyl groups excluding tert-OH is 1. The van der Waals surface area contributed by atoms with E-state index in [9.17, 15) is 14.7 Å². The third-order valence-electron chi connectivity index (χ3n) is 8.63. The third kappa shape index (κ3) is 6.83. The van der Waals surface area contributed by atoms with Crippen molar-refractivity contribution in [3.05, 3.63) is 92.6 Å². The van der Waals surface area contributed by atoms with Crippen molar-refractivity contribution < 1.29 is 14.6 Å². The third-order valence-corrected chi connectivity index (χ3v) is 9.44.